The van der Waals surface area contributed by atoms with E-state index in [2.05, 4.69) is 20.5 Å². The molecule has 2 N–H and O–H groups in total. The van der Waals surface area contributed by atoms with Crippen molar-refractivity contribution in [2.45, 2.75) is 0 Å². The van der Waals surface area contributed by atoms with Crippen molar-refractivity contribution in [3.8, 4) is 16.2 Å². The van der Waals surface area contributed by atoms with E-state index in [0.717, 1.165) is 26.3 Å². The number of ether oxygens (including phenoxy) is 1. The van der Waals surface area contributed by atoms with Gasteiger partial charge in [-0.3, -0.25) is 10.1 Å². The number of pyridine rings is 1. The molecule has 126 valence electrons. The second-order valence-electron chi connectivity index (χ2n) is 5.26. The largest absolute Gasteiger partial charge is 0.495 e. The molecule has 3 aromatic heterocycles. The molecule has 0 atom stereocenters. The van der Waals surface area contributed by atoms with E-state index in [4.69, 9.17) is 27.9 Å². The summed E-state index contributed by atoms with van der Waals surface area (Å²) in [6.07, 6.45) is 5.41. The summed E-state index contributed by atoms with van der Waals surface area (Å²) in [6, 6.07) is 7.39. The fraction of sp³-hybridized carbons (Fsp3) is 0.0588. The number of benzene rings is 1. The smallest absolute Gasteiger partial charge is 0.139 e. The third-order valence-corrected chi connectivity index (χ3v) is 5.52. The molecule has 1 aromatic carbocycles. The molecule has 0 amide bonds. The molecule has 0 unspecified atom stereocenters. The summed E-state index contributed by atoms with van der Waals surface area (Å²) in [7, 11) is 1.57. The summed E-state index contributed by atoms with van der Waals surface area (Å²) in [4.78, 5) is 5.53. The molecule has 0 radical (unpaired) electrons. The minimum absolute atomic E-state index is 0.469. The van der Waals surface area contributed by atoms with Crippen molar-refractivity contribution in [3.63, 3.8) is 0 Å². The number of methoxy groups -OCH3 is 1. The highest BCUT2D eigenvalue weighted by atomic mass is 35.5. The molecule has 0 aliphatic heterocycles. The van der Waals surface area contributed by atoms with Gasteiger partial charge in [-0.15, -0.1) is 11.3 Å². The van der Waals surface area contributed by atoms with Crippen LogP contribution in [0.4, 0.5) is 11.4 Å². The number of aromatic nitrogens is 3. The Morgan fingerprint density at radius 3 is 2.80 bits per heavy atom. The number of hydrogen-bond acceptors (Lipinski definition) is 5. The quantitative estimate of drug-likeness (QED) is 0.465. The Kier molecular flexibility index (Phi) is 4.25. The van der Waals surface area contributed by atoms with E-state index in [1.165, 1.54) is 0 Å². The van der Waals surface area contributed by atoms with Crippen LogP contribution < -0.4 is 10.1 Å². The summed E-state index contributed by atoms with van der Waals surface area (Å²) in [5.41, 5.74) is 3.56. The third-order valence-electron chi connectivity index (χ3n) is 3.71. The summed E-state index contributed by atoms with van der Waals surface area (Å²) in [5, 5.41) is 11.2. The third kappa shape index (κ3) is 3.04. The Balaban J connectivity index is 1.77. The maximum Gasteiger partial charge on any atom is 0.139 e. The highest BCUT2D eigenvalue weighted by Crippen LogP contribution is 2.40. The van der Waals surface area contributed by atoms with Gasteiger partial charge in [0.1, 0.15) is 5.75 Å². The van der Waals surface area contributed by atoms with E-state index in [1.807, 2.05) is 18.3 Å². The van der Waals surface area contributed by atoms with Crippen LogP contribution in [0.2, 0.25) is 10.0 Å². The predicted molar refractivity (Wildman–Crippen MR) is 103 cm³/mol. The maximum atomic E-state index is 6.32. The average Bonchev–Trinajstić information content (AvgIpc) is 3.26. The molecule has 8 heteroatoms. The molecule has 0 saturated heterocycles. The average molecular weight is 391 g/mol. The van der Waals surface area contributed by atoms with Crippen LogP contribution in [0, 0.1) is 0 Å². The van der Waals surface area contributed by atoms with Gasteiger partial charge in [0.15, 0.2) is 0 Å². The number of anilines is 2. The summed E-state index contributed by atoms with van der Waals surface area (Å²) >= 11 is 14.1. The number of hydrogen-bond donors (Lipinski definition) is 2. The van der Waals surface area contributed by atoms with Crippen LogP contribution in [0.25, 0.3) is 20.7 Å². The van der Waals surface area contributed by atoms with Crippen LogP contribution in [-0.2, 0) is 0 Å². The van der Waals surface area contributed by atoms with Crippen molar-refractivity contribution < 1.29 is 4.74 Å². The molecule has 5 nitrogen and oxygen atoms in total. The fourth-order valence-electron chi connectivity index (χ4n) is 2.49. The van der Waals surface area contributed by atoms with Crippen LogP contribution in [0.1, 0.15) is 0 Å². The number of fused-ring (bicyclic) bond motifs is 1. The van der Waals surface area contributed by atoms with Crippen molar-refractivity contribution in [3.05, 3.63) is 52.9 Å². The number of halogens is 2. The van der Waals surface area contributed by atoms with Crippen LogP contribution >= 0.6 is 34.5 Å². The minimum atomic E-state index is 0.469. The molecule has 0 aliphatic carbocycles. The molecule has 4 aromatic rings. The van der Waals surface area contributed by atoms with Gasteiger partial charge in [-0.25, -0.2) is 0 Å². The highest BCUT2D eigenvalue weighted by molar-refractivity contribution is 7.22. The normalized spacial score (nSPS) is 11.0. The number of aromatic amines is 1. The van der Waals surface area contributed by atoms with Gasteiger partial charge in [0.2, 0.25) is 0 Å². The Hall–Kier alpha value is -2.28. The lowest BCUT2D eigenvalue weighted by Gasteiger charge is -2.12. The molecular formula is C17H12Cl2N4OS. The lowest BCUT2D eigenvalue weighted by atomic mass is 10.2. The van der Waals surface area contributed by atoms with Crippen LogP contribution in [0.3, 0.4) is 0 Å². The first kappa shape index (κ1) is 16.2. The number of H-pyrrole nitrogens is 1. The Labute approximate surface area is 157 Å². The maximum absolute atomic E-state index is 6.32. The molecule has 0 spiro atoms. The zero-order valence-electron chi connectivity index (χ0n) is 13.0. The van der Waals surface area contributed by atoms with Gasteiger partial charge in [0, 0.05) is 28.9 Å². The van der Waals surface area contributed by atoms with Gasteiger partial charge in [-0.1, -0.05) is 23.2 Å². The van der Waals surface area contributed by atoms with E-state index in [9.17, 15) is 0 Å². The van der Waals surface area contributed by atoms with Crippen LogP contribution in [-0.4, -0.2) is 22.3 Å². The number of nitrogens with one attached hydrogen (secondary N) is 2. The van der Waals surface area contributed by atoms with E-state index in [-0.39, 0.29) is 0 Å². The molecule has 4 rings (SSSR count). The summed E-state index contributed by atoms with van der Waals surface area (Å²) in [6.45, 7) is 0. The molecule has 3 heterocycles. The Morgan fingerprint density at radius 2 is 2.04 bits per heavy atom. The van der Waals surface area contributed by atoms with E-state index >= 15 is 0 Å². The molecule has 0 bridgehead atoms. The van der Waals surface area contributed by atoms with Gasteiger partial charge in [-0.2, -0.15) is 5.10 Å². The van der Waals surface area contributed by atoms with Gasteiger partial charge in [0.25, 0.3) is 0 Å². The topological polar surface area (TPSA) is 62.8 Å². The molecular weight excluding hydrogens is 379 g/mol. The molecule has 25 heavy (non-hydrogen) atoms. The van der Waals surface area contributed by atoms with E-state index in [1.54, 1.807) is 43.0 Å². The first-order valence-electron chi connectivity index (χ1n) is 7.33. The molecule has 0 aliphatic rings. The lowest BCUT2D eigenvalue weighted by molar-refractivity contribution is 0.415. The first-order valence-corrected chi connectivity index (χ1v) is 8.90. The van der Waals surface area contributed by atoms with Crippen molar-refractivity contribution in [1.82, 2.24) is 15.2 Å². The van der Waals surface area contributed by atoms with Crippen LogP contribution in [0.15, 0.2) is 42.9 Å². The van der Waals surface area contributed by atoms with Crippen molar-refractivity contribution in [1.29, 1.82) is 0 Å². The SMILES string of the molecule is COc1cc(Nc2ccnc3cc(-c4cn[nH]c4)sc23)c(Cl)cc1Cl. The van der Waals surface area contributed by atoms with Gasteiger partial charge in [0.05, 0.1) is 44.9 Å². The van der Waals surface area contributed by atoms with Crippen molar-refractivity contribution in [2.24, 2.45) is 0 Å². The monoisotopic (exact) mass is 390 g/mol. The Morgan fingerprint density at radius 1 is 1.16 bits per heavy atom. The van der Waals surface area contributed by atoms with Gasteiger partial charge >= 0.3 is 0 Å². The fourth-order valence-corrected chi connectivity index (χ4v) is 4.06. The highest BCUT2D eigenvalue weighted by Gasteiger charge is 2.13. The van der Waals surface area contributed by atoms with Crippen molar-refractivity contribution >= 4 is 56.1 Å². The zero-order chi connectivity index (χ0) is 17.4. The zero-order valence-corrected chi connectivity index (χ0v) is 15.3. The Bertz CT molecular complexity index is 1050. The molecule has 0 saturated carbocycles. The first-order chi connectivity index (χ1) is 12.2. The van der Waals surface area contributed by atoms with E-state index in [0.29, 0.717) is 21.5 Å². The molecule has 0 fully saturated rings. The second kappa shape index (κ2) is 6.55. The predicted octanol–water partition coefficient (Wildman–Crippen LogP) is 5.75. The van der Waals surface area contributed by atoms with Gasteiger partial charge < -0.3 is 10.1 Å². The van der Waals surface area contributed by atoms with Crippen molar-refractivity contribution in [2.75, 3.05) is 12.4 Å². The van der Waals surface area contributed by atoms with Gasteiger partial charge in [-0.05, 0) is 18.2 Å². The number of thiophene rings is 1. The lowest BCUT2D eigenvalue weighted by Crippen LogP contribution is -1.94. The second-order valence-corrected chi connectivity index (χ2v) is 7.13. The number of rotatable bonds is 4. The number of nitrogens with zero attached hydrogens (tertiary/aromatic N) is 2. The minimum Gasteiger partial charge on any atom is -0.495 e. The van der Waals surface area contributed by atoms with E-state index < -0.39 is 0 Å². The summed E-state index contributed by atoms with van der Waals surface area (Å²) < 4.78 is 6.30. The van der Waals surface area contributed by atoms with Crippen LogP contribution in [0.5, 0.6) is 5.75 Å². The summed E-state index contributed by atoms with van der Waals surface area (Å²) in [5.74, 6) is 0.559. The standard InChI is InChI=1S/C17H12Cl2N4OS/c1-24-15-5-13(10(18)4-11(15)19)23-12-2-3-20-14-6-16(25-17(12)14)9-7-21-22-8-9/h2-8H,1H3,(H,20,23)(H,21,22).